The largest absolute Gasteiger partial charge is 0.273 e. The molecule has 0 saturated heterocycles. The molecule has 0 spiro atoms. The van der Waals surface area contributed by atoms with Crippen LogP contribution in [0.1, 0.15) is 12.5 Å². The number of hydrogen-bond donors (Lipinski definition) is 0. The second-order valence-electron chi connectivity index (χ2n) is 2.49. The maximum Gasteiger partial charge on any atom is 0.273 e. The van der Waals surface area contributed by atoms with Crippen LogP contribution in [-0.4, -0.2) is 0 Å². The minimum Gasteiger partial charge on any atom is -0.202 e. The molecule has 0 bridgehead atoms. The normalized spacial score (nSPS) is 11.8. The molecule has 0 aliphatic heterocycles. The first-order chi connectivity index (χ1) is 5.43. The predicted octanol–water partition coefficient (Wildman–Crippen LogP) is 4.11. The molecule has 1 rings (SSSR count). The molecule has 1 aromatic carbocycles. The monoisotopic (exact) mass is 210 g/mol. The van der Waals surface area contributed by atoms with Gasteiger partial charge in [-0.1, -0.05) is 29.3 Å². The van der Waals surface area contributed by atoms with E-state index in [0.717, 1.165) is 6.92 Å². The summed E-state index contributed by atoms with van der Waals surface area (Å²) in [4.78, 5) is 0. The highest BCUT2D eigenvalue weighted by Gasteiger charge is 2.29. The van der Waals surface area contributed by atoms with Crippen LogP contribution in [0.5, 0.6) is 0 Å². The van der Waals surface area contributed by atoms with Crippen LogP contribution in [0.15, 0.2) is 18.2 Å². The third-order valence-corrected chi connectivity index (χ3v) is 2.03. The Labute approximate surface area is 79.1 Å². The second-order valence-corrected chi connectivity index (χ2v) is 3.30. The molecule has 0 amide bonds. The maximum absolute atomic E-state index is 12.8. The Morgan fingerprint density at radius 3 is 1.83 bits per heavy atom. The fourth-order valence-corrected chi connectivity index (χ4v) is 1.65. The van der Waals surface area contributed by atoms with Crippen molar-refractivity contribution >= 4 is 23.2 Å². The molecule has 0 aromatic heterocycles. The highest BCUT2D eigenvalue weighted by Crippen LogP contribution is 2.37. The van der Waals surface area contributed by atoms with Gasteiger partial charge in [-0.2, -0.15) is 0 Å². The molecule has 12 heavy (non-hydrogen) atoms. The molecular formula is C8H6Cl2F2. The Balaban J connectivity index is 3.31. The van der Waals surface area contributed by atoms with Crippen molar-refractivity contribution in [1.29, 1.82) is 0 Å². The summed E-state index contributed by atoms with van der Waals surface area (Å²) in [7, 11) is 0. The summed E-state index contributed by atoms with van der Waals surface area (Å²) in [5.41, 5.74) is -0.312. The molecule has 66 valence electrons. The van der Waals surface area contributed by atoms with Gasteiger partial charge >= 0.3 is 0 Å². The van der Waals surface area contributed by atoms with E-state index in [1.54, 1.807) is 0 Å². The highest BCUT2D eigenvalue weighted by molar-refractivity contribution is 6.36. The van der Waals surface area contributed by atoms with Crippen molar-refractivity contribution in [1.82, 2.24) is 0 Å². The number of alkyl halides is 2. The van der Waals surface area contributed by atoms with Gasteiger partial charge in [0.15, 0.2) is 0 Å². The van der Waals surface area contributed by atoms with E-state index in [1.165, 1.54) is 18.2 Å². The molecule has 0 N–H and O–H groups in total. The van der Waals surface area contributed by atoms with E-state index in [2.05, 4.69) is 0 Å². The Bertz CT molecular complexity index is 271. The van der Waals surface area contributed by atoms with Gasteiger partial charge in [-0.3, -0.25) is 0 Å². The van der Waals surface area contributed by atoms with Crippen LogP contribution >= 0.6 is 23.2 Å². The smallest absolute Gasteiger partial charge is 0.202 e. The second kappa shape index (κ2) is 3.19. The zero-order valence-electron chi connectivity index (χ0n) is 6.24. The van der Waals surface area contributed by atoms with Gasteiger partial charge in [0, 0.05) is 6.92 Å². The van der Waals surface area contributed by atoms with E-state index < -0.39 is 5.92 Å². The highest BCUT2D eigenvalue weighted by atomic mass is 35.5. The topological polar surface area (TPSA) is 0 Å². The van der Waals surface area contributed by atoms with Gasteiger partial charge < -0.3 is 0 Å². The first-order valence-corrected chi connectivity index (χ1v) is 4.01. The molecule has 0 aliphatic carbocycles. The van der Waals surface area contributed by atoms with E-state index >= 15 is 0 Å². The van der Waals surface area contributed by atoms with E-state index in [-0.39, 0.29) is 15.6 Å². The molecule has 0 atom stereocenters. The SMILES string of the molecule is CC(F)(F)c1c(Cl)cccc1Cl. The van der Waals surface area contributed by atoms with Crippen molar-refractivity contribution in [2.75, 3.05) is 0 Å². The van der Waals surface area contributed by atoms with Gasteiger partial charge in [-0.05, 0) is 12.1 Å². The molecular weight excluding hydrogens is 205 g/mol. The fraction of sp³-hybridized carbons (Fsp3) is 0.250. The first-order valence-electron chi connectivity index (χ1n) is 3.25. The lowest BCUT2D eigenvalue weighted by molar-refractivity contribution is 0.0177. The maximum atomic E-state index is 12.8. The minimum absolute atomic E-state index is 0.00463. The summed E-state index contributed by atoms with van der Waals surface area (Å²) in [5.74, 6) is -2.99. The summed E-state index contributed by atoms with van der Waals surface area (Å²) in [6, 6.07) is 4.31. The number of rotatable bonds is 1. The Hall–Kier alpha value is -0.340. The Morgan fingerprint density at radius 2 is 1.58 bits per heavy atom. The Kier molecular flexibility index (Phi) is 2.59. The molecule has 4 heteroatoms. The zero-order chi connectivity index (χ0) is 9.35. The van der Waals surface area contributed by atoms with Crippen molar-refractivity contribution in [2.45, 2.75) is 12.8 Å². The molecule has 0 aliphatic rings. The lowest BCUT2D eigenvalue weighted by Gasteiger charge is -2.13. The predicted molar refractivity (Wildman–Crippen MR) is 46.0 cm³/mol. The third kappa shape index (κ3) is 1.87. The van der Waals surface area contributed by atoms with Crippen LogP contribution < -0.4 is 0 Å². The Morgan fingerprint density at radius 1 is 1.17 bits per heavy atom. The summed E-state index contributed by atoms with van der Waals surface area (Å²) in [6.07, 6.45) is 0. The zero-order valence-corrected chi connectivity index (χ0v) is 7.76. The van der Waals surface area contributed by atoms with Crippen molar-refractivity contribution in [2.24, 2.45) is 0 Å². The van der Waals surface area contributed by atoms with E-state index in [1.807, 2.05) is 0 Å². The molecule has 0 nitrogen and oxygen atoms in total. The fourth-order valence-electron chi connectivity index (χ4n) is 0.917. The van der Waals surface area contributed by atoms with E-state index in [4.69, 9.17) is 23.2 Å². The summed E-state index contributed by atoms with van der Waals surface area (Å²) in [6.45, 7) is 0.764. The summed E-state index contributed by atoms with van der Waals surface area (Å²) in [5, 5.41) is -0.00926. The lowest BCUT2D eigenvalue weighted by atomic mass is 10.1. The number of halogens is 4. The average Bonchev–Trinajstić information content (AvgIpc) is 1.82. The van der Waals surface area contributed by atoms with Gasteiger partial charge in [-0.25, -0.2) is 8.78 Å². The molecule has 1 aromatic rings. The van der Waals surface area contributed by atoms with Crippen LogP contribution in [-0.2, 0) is 5.92 Å². The van der Waals surface area contributed by atoms with Gasteiger partial charge in [-0.15, -0.1) is 0 Å². The van der Waals surface area contributed by atoms with Gasteiger partial charge in [0.2, 0.25) is 0 Å². The standard InChI is InChI=1S/C8H6Cl2F2/c1-8(11,12)7-5(9)3-2-4-6(7)10/h2-4H,1H3. The quantitative estimate of drug-likeness (QED) is 0.655. The van der Waals surface area contributed by atoms with Crippen LogP contribution in [0.25, 0.3) is 0 Å². The van der Waals surface area contributed by atoms with Crippen LogP contribution in [0.4, 0.5) is 8.78 Å². The van der Waals surface area contributed by atoms with Crippen molar-refractivity contribution in [3.8, 4) is 0 Å². The first kappa shape index (κ1) is 9.75. The van der Waals surface area contributed by atoms with Gasteiger partial charge in [0.25, 0.3) is 5.92 Å². The molecule has 0 unspecified atom stereocenters. The number of hydrogen-bond acceptors (Lipinski definition) is 0. The van der Waals surface area contributed by atoms with Gasteiger partial charge in [0.05, 0.1) is 15.6 Å². The minimum atomic E-state index is -2.99. The molecule has 0 radical (unpaired) electrons. The summed E-state index contributed by atoms with van der Waals surface area (Å²) < 4.78 is 25.6. The number of benzene rings is 1. The average molecular weight is 211 g/mol. The molecule has 0 saturated carbocycles. The molecule has 0 fully saturated rings. The lowest BCUT2D eigenvalue weighted by Crippen LogP contribution is -2.08. The van der Waals surface area contributed by atoms with Crippen molar-refractivity contribution < 1.29 is 8.78 Å². The van der Waals surface area contributed by atoms with Gasteiger partial charge in [0.1, 0.15) is 0 Å². The van der Waals surface area contributed by atoms with E-state index in [9.17, 15) is 8.78 Å². The van der Waals surface area contributed by atoms with Crippen LogP contribution in [0.2, 0.25) is 10.0 Å². The van der Waals surface area contributed by atoms with Crippen molar-refractivity contribution in [3.63, 3.8) is 0 Å². The van der Waals surface area contributed by atoms with E-state index in [0.29, 0.717) is 0 Å². The van der Waals surface area contributed by atoms with Crippen molar-refractivity contribution in [3.05, 3.63) is 33.8 Å². The van der Waals surface area contributed by atoms with Crippen LogP contribution in [0, 0.1) is 0 Å². The molecule has 0 heterocycles. The van der Waals surface area contributed by atoms with Crippen LogP contribution in [0.3, 0.4) is 0 Å². The summed E-state index contributed by atoms with van der Waals surface area (Å²) >= 11 is 11.1. The third-order valence-electron chi connectivity index (χ3n) is 1.40.